The highest BCUT2D eigenvalue weighted by molar-refractivity contribution is 6.37. The van der Waals surface area contributed by atoms with Crippen molar-refractivity contribution in [3.63, 3.8) is 0 Å². The highest BCUT2D eigenvalue weighted by Gasteiger charge is 2.06. The molecule has 0 aromatic heterocycles. The number of rotatable bonds is 3. The highest BCUT2D eigenvalue weighted by atomic mass is 35.5. The van der Waals surface area contributed by atoms with Crippen LogP contribution in [0.5, 0.6) is 5.75 Å². The minimum atomic E-state index is 0.447. The lowest BCUT2D eigenvalue weighted by Crippen LogP contribution is -2.05. The van der Waals surface area contributed by atoms with Gasteiger partial charge in [0.25, 0.3) is 0 Å². The molecule has 0 spiro atoms. The average molecular weight is 234 g/mol. The molecule has 0 amide bonds. The average Bonchev–Trinajstić information content (AvgIpc) is 2.09. The van der Waals surface area contributed by atoms with E-state index < -0.39 is 0 Å². The second-order valence-electron chi connectivity index (χ2n) is 3.51. The van der Waals surface area contributed by atoms with Crippen molar-refractivity contribution in [1.82, 2.24) is 0 Å². The smallest absolute Gasteiger partial charge is 0.140 e. The minimum Gasteiger partial charge on any atom is -0.492 e. The van der Waals surface area contributed by atoms with Gasteiger partial charge in [0.15, 0.2) is 0 Å². The van der Waals surface area contributed by atoms with E-state index in [1.165, 1.54) is 0 Å². The molecule has 1 aromatic rings. The zero-order valence-electron chi connectivity index (χ0n) is 8.18. The number of hydrogen-bond donors (Lipinski definition) is 1. The van der Waals surface area contributed by atoms with Crippen molar-refractivity contribution < 1.29 is 4.74 Å². The van der Waals surface area contributed by atoms with E-state index in [0.29, 0.717) is 34.0 Å². The molecule has 1 rings (SSSR count). The van der Waals surface area contributed by atoms with Crippen LogP contribution in [0.25, 0.3) is 0 Å². The standard InChI is InChI=1S/C10H13Cl2NO/c1-6(2)5-14-10-4-9(13)7(11)3-8(10)12/h3-4,6H,5,13H2,1-2H3. The summed E-state index contributed by atoms with van der Waals surface area (Å²) in [6, 6.07) is 3.24. The zero-order valence-corrected chi connectivity index (χ0v) is 9.69. The van der Waals surface area contributed by atoms with Crippen molar-refractivity contribution >= 4 is 28.9 Å². The van der Waals surface area contributed by atoms with Gasteiger partial charge in [-0.05, 0) is 12.0 Å². The predicted molar refractivity (Wildman–Crippen MR) is 61.2 cm³/mol. The van der Waals surface area contributed by atoms with Crippen LogP contribution in [0.15, 0.2) is 12.1 Å². The first-order chi connectivity index (χ1) is 6.50. The fraction of sp³-hybridized carbons (Fsp3) is 0.400. The van der Waals surface area contributed by atoms with E-state index in [1.807, 2.05) is 0 Å². The largest absolute Gasteiger partial charge is 0.492 e. The van der Waals surface area contributed by atoms with Gasteiger partial charge >= 0.3 is 0 Å². The van der Waals surface area contributed by atoms with E-state index in [4.69, 9.17) is 33.7 Å². The highest BCUT2D eigenvalue weighted by Crippen LogP contribution is 2.32. The molecule has 1 aromatic carbocycles. The summed E-state index contributed by atoms with van der Waals surface area (Å²) in [6.45, 7) is 4.74. The van der Waals surface area contributed by atoms with Crippen molar-refractivity contribution in [3.05, 3.63) is 22.2 Å². The maximum Gasteiger partial charge on any atom is 0.140 e. The minimum absolute atomic E-state index is 0.447. The molecule has 2 nitrogen and oxygen atoms in total. The maximum absolute atomic E-state index is 5.92. The molecule has 0 aliphatic heterocycles. The molecule has 4 heteroatoms. The molecule has 78 valence electrons. The number of halogens is 2. The summed E-state index contributed by atoms with van der Waals surface area (Å²) in [5, 5.41) is 0.941. The molecule has 2 N–H and O–H groups in total. The Kier molecular flexibility index (Phi) is 3.90. The van der Waals surface area contributed by atoms with Gasteiger partial charge in [-0.1, -0.05) is 37.0 Å². The van der Waals surface area contributed by atoms with Crippen molar-refractivity contribution in [2.24, 2.45) is 5.92 Å². The number of hydrogen-bond acceptors (Lipinski definition) is 2. The summed E-state index contributed by atoms with van der Waals surface area (Å²) in [7, 11) is 0. The Hall–Kier alpha value is -0.600. The third-order valence-corrected chi connectivity index (χ3v) is 2.25. The number of anilines is 1. The third-order valence-electron chi connectivity index (χ3n) is 1.62. The maximum atomic E-state index is 5.92. The van der Waals surface area contributed by atoms with Crippen LogP contribution in [-0.2, 0) is 0 Å². The topological polar surface area (TPSA) is 35.2 Å². The summed E-state index contributed by atoms with van der Waals surface area (Å²) in [5.41, 5.74) is 6.11. The van der Waals surface area contributed by atoms with E-state index >= 15 is 0 Å². The van der Waals surface area contributed by atoms with Crippen molar-refractivity contribution in [2.45, 2.75) is 13.8 Å². The fourth-order valence-electron chi connectivity index (χ4n) is 0.912. The monoisotopic (exact) mass is 233 g/mol. The molecule has 0 aliphatic carbocycles. The molecular formula is C10H13Cl2NO. The Bertz CT molecular complexity index is 326. The van der Waals surface area contributed by atoms with Crippen molar-refractivity contribution in [1.29, 1.82) is 0 Å². The van der Waals surface area contributed by atoms with Crippen LogP contribution in [0.3, 0.4) is 0 Å². The van der Waals surface area contributed by atoms with E-state index in [1.54, 1.807) is 12.1 Å². The van der Waals surface area contributed by atoms with Crippen molar-refractivity contribution in [3.8, 4) is 5.75 Å². The van der Waals surface area contributed by atoms with E-state index in [9.17, 15) is 0 Å². The van der Waals surface area contributed by atoms with Gasteiger partial charge in [-0.25, -0.2) is 0 Å². The summed E-state index contributed by atoms with van der Waals surface area (Å²) in [4.78, 5) is 0. The first kappa shape index (κ1) is 11.5. The van der Waals surface area contributed by atoms with Gasteiger partial charge in [0.2, 0.25) is 0 Å². The lowest BCUT2D eigenvalue weighted by atomic mass is 10.2. The SMILES string of the molecule is CC(C)COc1cc(N)c(Cl)cc1Cl. The van der Waals surface area contributed by atoms with Gasteiger partial charge in [0.1, 0.15) is 5.75 Å². The van der Waals surface area contributed by atoms with E-state index in [2.05, 4.69) is 13.8 Å². The van der Waals surface area contributed by atoms with E-state index in [-0.39, 0.29) is 0 Å². The molecule has 0 radical (unpaired) electrons. The molecule has 0 unspecified atom stereocenters. The quantitative estimate of drug-likeness (QED) is 0.810. The van der Waals surface area contributed by atoms with E-state index in [0.717, 1.165) is 0 Å². The van der Waals surface area contributed by atoms with Gasteiger partial charge in [0.05, 0.1) is 22.3 Å². The number of nitrogens with two attached hydrogens (primary N) is 1. The number of ether oxygens (including phenoxy) is 1. The van der Waals surface area contributed by atoms with Crippen LogP contribution in [0, 0.1) is 5.92 Å². The molecule has 14 heavy (non-hydrogen) atoms. The molecule has 0 atom stereocenters. The molecule has 0 saturated heterocycles. The Morgan fingerprint density at radius 3 is 2.50 bits per heavy atom. The third kappa shape index (κ3) is 2.96. The predicted octanol–water partition coefficient (Wildman–Crippen LogP) is 3.61. The van der Waals surface area contributed by atoms with Crippen molar-refractivity contribution in [2.75, 3.05) is 12.3 Å². The normalized spacial score (nSPS) is 10.6. The lowest BCUT2D eigenvalue weighted by Gasteiger charge is -2.11. The Morgan fingerprint density at radius 2 is 1.93 bits per heavy atom. The zero-order chi connectivity index (χ0) is 10.7. The number of benzene rings is 1. The van der Waals surface area contributed by atoms with Crippen LogP contribution in [0.4, 0.5) is 5.69 Å². The fourth-order valence-corrected chi connectivity index (χ4v) is 1.35. The van der Waals surface area contributed by atoms with Gasteiger partial charge in [-0.2, -0.15) is 0 Å². The molecule has 0 saturated carbocycles. The molecule has 0 aliphatic rings. The molecule has 0 bridgehead atoms. The van der Waals surface area contributed by atoms with Crippen LogP contribution >= 0.6 is 23.2 Å². The van der Waals surface area contributed by atoms with Gasteiger partial charge in [-0.15, -0.1) is 0 Å². The first-order valence-electron chi connectivity index (χ1n) is 4.38. The first-order valence-corrected chi connectivity index (χ1v) is 5.13. The second kappa shape index (κ2) is 4.76. The molecule has 0 heterocycles. The van der Waals surface area contributed by atoms with Crippen LogP contribution < -0.4 is 10.5 Å². The summed E-state index contributed by atoms with van der Waals surface area (Å²) in [6.07, 6.45) is 0. The second-order valence-corrected chi connectivity index (χ2v) is 4.32. The Labute approximate surface area is 94.0 Å². The van der Waals surface area contributed by atoms with Crippen LogP contribution in [0.1, 0.15) is 13.8 Å². The summed E-state index contributed by atoms with van der Waals surface area (Å²) < 4.78 is 5.46. The Balaban J connectivity index is 2.82. The molecular weight excluding hydrogens is 221 g/mol. The lowest BCUT2D eigenvalue weighted by molar-refractivity contribution is 0.271. The summed E-state index contributed by atoms with van der Waals surface area (Å²) >= 11 is 11.7. The summed E-state index contributed by atoms with van der Waals surface area (Å²) in [5.74, 6) is 1.03. The van der Waals surface area contributed by atoms with Gasteiger partial charge < -0.3 is 10.5 Å². The molecule has 0 fully saturated rings. The van der Waals surface area contributed by atoms with Gasteiger partial charge in [-0.3, -0.25) is 0 Å². The van der Waals surface area contributed by atoms with Crippen LogP contribution in [0.2, 0.25) is 10.0 Å². The van der Waals surface area contributed by atoms with Gasteiger partial charge in [0, 0.05) is 6.07 Å². The van der Waals surface area contributed by atoms with Crippen LogP contribution in [-0.4, -0.2) is 6.61 Å². The Morgan fingerprint density at radius 1 is 1.29 bits per heavy atom. The number of nitrogen functional groups attached to an aromatic ring is 1.